The highest BCUT2D eigenvalue weighted by Gasteiger charge is 2.12. The second-order valence-electron chi connectivity index (χ2n) is 5.80. The molecule has 0 amide bonds. The molecule has 0 N–H and O–H groups in total. The van der Waals surface area contributed by atoms with E-state index in [4.69, 9.17) is 10.00 Å². The van der Waals surface area contributed by atoms with Gasteiger partial charge in [0.1, 0.15) is 0 Å². The number of aromatic nitrogens is 2. The van der Waals surface area contributed by atoms with Crippen molar-refractivity contribution in [2.75, 3.05) is 6.61 Å². The minimum atomic E-state index is -0.340. The standard InChI is InChI=1S/C21H19N3O2/c1-2-26-21(25)17-7-8-20-19(13-17)18(6-3-10-22)15-24(20)12-9-16-5-4-11-23-14-16/h3-8,11,13-15H,2,9,12H2,1H3. The van der Waals surface area contributed by atoms with Crippen molar-refractivity contribution in [2.24, 2.45) is 0 Å². The zero-order valence-corrected chi connectivity index (χ0v) is 14.6. The van der Waals surface area contributed by atoms with Gasteiger partial charge < -0.3 is 9.30 Å². The normalized spacial score (nSPS) is 10.9. The van der Waals surface area contributed by atoms with E-state index in [0.29, 0.717) is 12.2 Å². The highest BCUT2D eigenvalue weighted by Crippen LogP contribution is 2.25. The van der Waals surface area contributed by atoms with Crippen LogP contribution in [0.15, 0.2) is 55.0 Å². The van der Waals surface area contributed by atoms with Gasteiger partial charge in [0.15, 0.2) is 0 Å². The van der Waals surface area contributed by atoms with Gasteiger partial charge in [-0.15, -0.1) is 0 Å². The van der Waals surface area contributed by atoms with Crippen LogP contribution in [-0.2, 0) is 17.7 Å². The Bertz CT molecular complexity index is 982. The van der Waals surface area contributed by atoms with Crippen LogP contribution in [0.3, 0.4) is 0 Å². The average Bonchev–Trinajstić information content (AvgIpc) is 3.02. The Morgan fingerprint density at radius 1 is 1.38 bits per heavy atom. The van der Waals surface area contributed by atoms with Gasteiger partial charge in [-0.3, -0.25) is 4.98 Å². The van der Waals surface area contributed by atoms with E-state index < -0.39 is 0 Å². The van der Waals surface area contributed by atoms with Gasteiger partial charge in [-0.1, -0.05) is 6.07 Å². The van der Waals surface area contributed by atoms with Crippen molar-refractivity contribution in [3.63, 3.8) is 0 Å². The first-order chi connectivity index (χ1) is 12.7. The van der Waals surface area contributed by atoms with Crippen molar-refractivity contribution in [3.8, 4) is 6.07 Å². The fourth-order valence-electron chi connectivity index (χ4n) is 2.91. The molecule has 0 fully saturated rings. The molecule has 0 radical (unpaired) electrons. The van der Waals surface area contributed by atoms with Crippen molar-refractivity contribution in [1.82, 2.24) is 9.55 Å². The molecule has 0 aliphatic heterocycles. The minimum absolute atomic E-state index is 0.337. The molecule has 26 heavy (non-hydrogen) atoms. The summed E-state index contributed by atoms with van der Waals surface area (Å²) in [5, 5.41) is 9.77. The lowest BCUT2D eigenvalue weighted by Gasteiger charge is -2.06. The van der Waals surface area contributed by atoms with Crippen LogP contribution in [0.2, 0.25) is 0 Å². The highest BCUT2D eigenvalue weighted by atomic mass is 16.5. The number of hydrogen-bond acceptors (Lipinski definition) is 4. The Hall–Kier alpha value is -3.39. The van der Waals surface area contributed by atoms with E-state index in [-0.39, 0.29) is 5.97 Å². The molecule has 0 saturated carbocycles. The van der Waals surface area contributed by atoms with Gasteiger partial charge in [-0.25, -0.2) is 4.79 Å². The molecule has 0 bridgehead atoms. The number of carbonyl (C=O) groups is 1. The van der Waals surface area contributed by atoms with Crippen LogP contribution >= 0.6 is 0 Å². The number of hydrogen-bond donors (Lipinski definition) is 0. The van der Waals surface area contributed by atoms with Crippen LogP contribution in [0, 0.1) is 11.3 Å². The first-order valence-corrected chi connectivity index (χ1v) is 8.48. The molecule has 2 aromatic heterocycles. The summed E-state index contributed by atoms with van der Waals surface area (Å²) in [6.45, 7) is 2.90. The summed E-state index contributed by atoms with van der Waals surface area (Å²) in [6.07, 6.45) is 9.68. The fraction of sp³-hybridized carbons (Fsp3) is 0.190. The lowest BCUT2D eigenvalue weighted by molar-refractivity contribution is 0.0526. The van der Waals surface area contributed by atoms with Gasteiger partial charge in [-0.2, -0.15) is 5.26 Å². The van der Waals surface area contributed by atoms with Gasteiger partial charge in [0, 0.05) is 47.7 Å². The van der Waals surface area contributed by atoms with Gasteiger partial charge in [-0.05, 0) is 49.2 Å². The van der Waals surface area contributed by atoms with Crippen molar-refractivity contribution in [2.45, 2.75) is 19.9 Å². The number of benzene rings is 1. The van der Waals surface area contributed by atoms with E-state index in [2.05, 4.69) is 9.55 Å². The summed E-state index contributed by atoms with van der Waals surface area (Å²) >= 11 is 0. The fourth-order valence-corrected chi connectivity index (χ4v) is 2.91. The van der Waals surface area contributed by atoms with E-state index in [1.807, 2.05) is 42.7 Å². The maximum Gasteiger partial charge on any atom is 0.338 e. The lowest BCUT2D eigenvalue weighted by atomic mass is 10.1. The van der Waals surface area contributed by atoms with Gasteiger partial charge >= 0.3 is 5.97 Å². The molecule has 5 nitrogen and oxygen atoms in total. The summed E-state index contributed by atoms with van der Waals surface area (Å²) in [4.78, 5) is 16.2. The molecule has 0 aliphatic rings. The molecule has 2 heterocycles. The average molecular weight is 345 g/mol. The molecule has 1 aromatic carbocycles. The summed E-state index contributed by atoms with van der Waals surface area (Å²) in [5.41, 5.74) is 3.58. The number of nitrogens with zero attached hydrogens (tertiary/aromatic N) is 3. The predicted molar refractivity (Wildman–Crippen MR) is 100 cm³/mol. The van der Waals surface area contributed by atoms with E-state index in [1.165, 1.54) is 6.08 Å². The molecule has 0 aliphatic carbocycles. The topological polar surface area (TPSA) is 67.9 Å². The van der Waals surface area contributed by atoms with Crippen LogP contribution in [0.5, 0.6) is 0 Å². The Kier molecular flexibility index (Phi) is 5.45. The van der Waals surface area contributed by atoms with Crippen LogP contribution in [0.1, 0.15) is 28.4 Å². The predicted octanol–water partition coefficient (Wildman–Crippen LogP) is 3.99. The summed E-state index contributed by atoms with van der Waals surface area (Å²) < 4.78 is 7.22. The second-order valence-corrected chi connectivity index (χ2v) is 5.80. The quantitative estimate of drug-likeness (QED) is 0.500. The number of rotatable bonds is 6. The van der Waals surface area contributed by atoms with E-state index >= 15 is 0 Å². The number of ether oxygens (including phenoxy) is 1. The van der Waals surface area contributed by atoms with E-state index in [1.54, 1.807) is 25.3 Å². The van der Waals surface area contributed by atoms with Crippen molar-refractivity contribution in [3.05, 3.63) is 71.7 Å². The monoisotopic (exact) mass is 345 g/mol. The van der Waals surface area contributed by atoms with Crippen molar-refractivity contribution < 1.29 is 9.53 Å². The van der Waals surface area contributed by atoms with Gasteiger partial charge in [0.05, 0.1) is 18.2 Å². The summed E-state index contributed by atoms with van der Waals surface area (Å²) in [7, 11) is 0. The molecular formula is C21H19N3O2. The highest BCUT2D eigenvalue weighted by molar-refractivity contribution is 5.98. The molecule has 3 aromatic rings. The first kappa shape index (κ1) is 17.4. The number of fused-ring (bicyclic) bond motifs is 1. The zero-order chi connectivity index (χ0) is 18.4. The van der Waals surface area contributed by atoms with Crippen LogP contribution in [-0.4, -0.2) is 22.1 Å². The molecular weight excluding hydrogens is 326 g/mol. The zero-order valence-electron chi connectivity index (χ0n) is 14.6. The largest absolute Gasteiger partial charge is 0.462 e. The number of allylic oxidation sites excluding steroid dienone is 1. The number of nitriles is 1. The third-order valence-electron chi connectivity index (χ3n) is 4.12. The number of esters is 1. The van der Waals surface area contributed by atoms with Crippen LogP contribution < -0.4 is 0 Å². The molecule has 3 rings (SSSR count). The minimum Gasteiger partial charge on any atom is -0.462 e. The van der Waals surface area contributed by atoms with Gasteiger partial charge in [0.2, 0.25) is 0 Å². The third kappa shape index (κ3) is 3.81. The number of carbonyl (C=O) groups excluding carboxylic acids is 1. The lowest BCUT2D eigenvalue weighted by Crippen LogP contribution is -2.04. The molecule has 0 saturated heterocycles. The first-order valence-electron chi connectivity index (χ1n) is 8.48. The molecule has 0 atom stereocenters. The maximum absolute atomic E-state index is 12.0. The van der Waals surface area contributed by atoms with E-state index in [0.717, 1.165) is 35.0 Å². The number of aryl methyl sites for hydroxylation is 2. The van der Waals surface area contributed by atoms with Crippen molar-refractivity contribution in [1.29, 1.82) is 5.26 Å². The molecule has 0 unspecified atom stereocenters. The Labute approximate surface area is 152 Å². The molecule has 5 heteroatoms. The SMILES string of the molecule is CCOC(=O)c1ccc2c(c1)c(C=CC#N)cn2CCc1cccnc1. The second kappa shape index (κ2) is 8.13. The van der Waals surface area contributed by atoms with Gasteiger partial charge in [0.25, 0.3) is 0 Å². The third-order valence-corrected chi connectivity index (χ3v) is 4.12. The molecule has 0 spiro atoms. The van der Waals surface area contributed by atoms with E-state index in [9.17, 15) is 4.79 Å². The maximum atomic E-state index is 12.0. The number of pyridine rings is 1. The van der Waals surface area contributed by atoms with Crippen LogP contribution in [0.4, 0.5) is 0 Å². The summed E-state index contributed by atoms with van der Waals surface area (Å²) in [6, 6.07) is 11.5. The Balaban J connectivity index is 1.97. The van der Waals surface area contributed by atoms with Crippen LogP contribution in [0.25, 0.3) is 17.0 Å². The van der Waals surface area contributed by atoms with Crippen molar-refractivity contribution >= 4 is 22.9 Å². The Morgan fingerprint density at radius 2 is 2.27 bits per heavy atom. The smallest absolute Gasteiger partial charge is 0.338 e. The molecule has 130 valence electrons. The Morgan fingerprint density at radius 3 is 3.00 bits per heavy atom. The summed E-state index contributed by atoms with van der Waals surface area (Å²) in [5.74, 6) is -0.340.